The van der Waals surface area contributed by atoms with E-state index < -0.39 is 0 Å². The molecule has 80 valence electrons. The Bertz CT molecular complexity index is 512. The van der Waals surface area contributed by atoms with Crippen LogP contribution in [0.3, 0.4) is 0 Å². The highest BCUT2D eigenvalue weighted by molar-refractivity contribution is 7.18. The van der Waals surface area contributed by atoms with Gasteiger partial charge >= 0.3 is 0 Å². The van der Waals surface area contributed by atoms with E-state index in [1.165, 1.54) is 15.3 Å². The number of pyridine rings is 1. The van der Waals surface area contributed by atoms with Crippen molar-refractivity contribution in [1.29, 1.82) is 0 Å². The van der Waals surface area contributed by atoms with E-state index in [0.29, 0.717) is 5.92 Å². The molecular formula is C12H16N2S. The molecule has 2 rings (SSSR count). The van der Waals surface area contributed by atoms with Crippen molar-refractivity contribution in [2.75, 3.05) is 0 Å². The predicted molar refractivity (Wildman–Crippen MR) is 65.7 cm³/mol. The second kappa shape index (κ2) is 3.56. The van der Waals surface area contributed by atoms with Gasteiger partial charge in [0, 0.05) is 11.6 Å². The average Bonchev–Trinajstić information content (AvgIpc) is 2.59. The highest BCUT2D eigenvalue weighted by Gasteiger charge is 2.13. The Labute approximate surface area is 94.4 Å². The summed E-state index contributed by atoms with van der Waals surface area (Å²) in [7, 11) is 0. The number of hydrogen-bond donors (Lipinski definition) is 0. The van der Waals surface area contributed by atoms with Crippen molar-refractivity contribution in [3.63, 3.8) is 0 Å². The van der Waals surface area contributed by atoms with Gasteiger partial charge < -0.3 is 0 Å². The Balaban J connectivity index is 2.80. The van der Waals surface area contributed by atoms with Gasteiger partial charge in [0.1, 0.15) is 5.52 Å². The number of aromatic nitrogens is 2. The lowest BCUT2D eigenvalue weighted by molar-refractivity contribution is 0.856. The molecule has 2 aromatic rings. The highest BCUT2D eigenvalue weighted by atomic mass is 32.1. The zero-order valence-corrected chi connectivity index (χ0v) is 10.7. The molecule has 0 saturated heterocycles. The van der Waals surface area contributed by atoms with Crippen LogP contribution in [0.1, 0.15) is 41.7 Å². The molecule has 0 unspecified atom stereocenters. The van der Waals surface area contributed by atoms with Gasteiger partial charge in [-0.25, -0.2) is 4.98 Å². The molecule has 0 fully saturated rings. The minimum Gasteiger partial charge on any atom is -0.256 e. The second-order valence-electron chi connectivity index (χ2n) is 4.29. The van der Waals surface area contributed by atoms with Crippen LogP contribution in [-0.4, -0.2) is 9.97 Å². The van der Waals surface area contributed by atoms with Crippen molar-refractivity contribution in [2.45, 2.75) is 40.5 Å². The fraction of sp³-hybridized carbons (Fsp3) is 0.500. The van der Waals surface area contributed by atoms with Crippen molar-refractivity contribution in [2.24, 2.45) is 0 Å². The summed E-state index contributed by atoms with van der Waals surface area (Å²) < 4.78 is 1.31. The number of hydrogen-bond acceptors (Lipinski definition) is 3. The van der Waals surface area contributed by atoms with E-state index in [2.05, 4.69) is 37.7 Å². The Kier molecular flexibility index (Phi) is 2.51. The Morgan fingerprint density at radius 2 is 1.67 bits per heavy atom. The third-order valence-electron chi connectivity index (χ3n) is 2.70. The van der Waals surface area contributed by atoms with E-state index in [0.717, 1.165) is 16.9 Å². The molecule has 3 heteroatoms. The quantitative estimate of drug-likeness (QED) is 0.731. The van der Waals surface area contributed by atoms with Gasteiger partial charge in [0.2, 0.25) is 0 Å². The normalized spacial score (nSPS) is 11.6. The summed E-state index contributed by atoms with van der Waals surface area (Å²) in [5, 5.41) is 1.21. The van der Waals surface area contributed by atoms with Crippen LogP contribution in [0.4, 0.5) is 0 Å². The number of thiazole rings is 1. The molecular weight excluding hydrogens is 204 g/mol. The van der Waals surface area contributed by atoms with E-state index >= 15 is 0 Å². The third kappa shape index (κ3) is 1.65. The van der Waals surface area contributed by atoms with Crippen LogP contribution in [0, 0.1) is 20.8 Å². The molecule has 0 aliphatic rings. The molecule has 0 aliphatic carbocycles. The molecule has 0 atom stereocenters. The largest absolute Gasteiger partial charge is 0.256 e. The molecule has 2 heterocycles. The average molecular weight is 220 g/mol. The summed E-state index contributed by atoms with van der Waals surface area (Å²) in [6.45, 7) is 10.6. The van der Waals surface area contributed by atoms with Crippen molar-refractivity contribution in [3.05, 3.63) is 22.0 Å². The Morgan fingerprint density at radius 3 is 2.27 bits per heavy atom. The maximum Gasteiger partial charge on any atom is 0.103 e. The van der Waals surface area contributed by atoms with Crippen LogP contribution >= 0.6 is 11.3 Å². The van der Waals surface area contributed by atoms with Gasteiger partial charge in [-0.1, -0.05) is 13.8 Å². The van der Waals surface area contributed by atoms with Gasteiger partial charge in [0.05, 0.1) is 15.4 Å². The van der Waals surface area contributed by atoms with E-state index in [-0.39, 0.29) is 0 Å². The first kappa shape index (κ1) is 10.6. The lowest BCUT2D eigenvalue weighted by atomic mass is 10.2. The van der Waals surface area contributed by atoms with E-state index in [9.17, 15) is 0 Å². The van der Waals surface area contributed by atoms with Gasteiger partial charge in [-0.15, -0.1) is 11.3 Å². The van der Waals surface area contributed by atoms with Crippen LogP contribution < -0.4 is 0 Å². The summed E-state index contributed by atoms with van der Waals surface area (Å²) in [4.78, 5) is 9.19. The minimum atomic E-state index is 0.501. The Hall–Kier alpha value is -0.960. The van der Waals surface area contributed by atoms with E-state index in [1.807, 2.05) is 18.3 Å². The molecule has 0 N–H and O–H groups in total. The third-order valence-corrected chi connectivity index (χ3v) is 4.17. The first-order valence-corrected chi connectivity index (χ1v) is 6.06. The molecule has 15 heavy (non-hydrogen) atoms. The molecule has 2 aromatic heterocycles. The van der Waals surface area contributed by atoms with Crippen molar-refractivity contribution < 1.29 is 0 Å². The Morgan fingerprint density at radius 1 is 1.00 bits per heavy atom. The van der Waals surface area contributed by atoms with Gasteiger partial charge in [-0.2, -0.15) is 0 Å². The lowest BCUT2D eigenvalue weighted by Crippen LogP contribution is -1.91. The van der Waals surface area contributed by atoms with Crippen LogP contribution in [0.2, 0.25) is 0 Å². The van der Waals surface area contributed by atoms with Crippen LogP contribution in [0.5, 0.6) is 0 Å². The molecule has 0 aromatic carbocycles. The second-order valence-corrected chi connectivity index (χ2v) is 5.32. The molecule has 0 bridgehead atoms. The zero-order valence-electron chi connectivity index (χ0n) is 9.88. The first-order chi connectivity index (χ1) is 7.00. The van der Waals surface area contributed by atoms with Crippen molar-refractivity contribution in [3.8, 4) is 0 Å². The van der Waals surface area contributed by atoms with Gasteiger partial charge in [0.15, 0.2) is 0 Å². The van der Waals surface area contributed by atoms with Crippen LogP contribution in [0.25, 0.3) is 10.2 Å². The standard InChI is InChI=1S/C12H16N2S/c1-6(2)12-14-10-9(5)13-8(4)7(3)11(10)15-12/h6H,1-5H3. The predicted octanol–water partition coefficient (Wildman–Crippen LogP) is 3.74. The summed E-state index contributed by atoms with van der Waals surface area (Å²) in [6.07, 6.45) is 0. The zero-order chi connectivity index (χ0) is 11.2. The molecule has 0 aliphatic heterocycles. The maximum atomic E-state index is 4.67. The summed E-state index contributed by atoms with van der Waals surface area (Å²) >= 11 is 1.81. The van der Waals surface area contributed by atoms with Crippen molar-refractivity contribution in [1.82, 2.24) is 9.97 Å². The molecule has 0 saturated carbocycles. The molecule has 0 radical (unpaired) electrons. The van der Waals surface area contributed by atoms with Gasteiger partial charge in [-0.3, -0.25) is 4.98 Å². The van der Waals surface area contributed by atoms with Crippen molar-refractivity contribution >= 4 is 21.6 Å². The topological polar surface area (TPSA) is 25.8 Å². The lowest BCUT2D eigenvalue weighted by Gasteiger charge is -2.01. The molecule has 0 amide bonds. The smallest absolute Gasteiger partial charge is 0.103 e. The molecule has 0 spiro atoms. The number of rotatable bonds is 1. The summed E-state index contributed by atoms with van der Waals surface area (Å²) in [6, 6.07) is 0. The molecule has 2 nitrogen and oxygen atoms in total. The number of fused-ring (bicyclic) bond motifs is 1. The monoisotopic (exact) mass is 220 g/mol. The van der Waals surface area contributed by atoms with E-state index in [1.54, 1.807) is 0 Å². The van der Waals surface area contributed by atoms with Gasteiger partial charge in [-0.05, 0) is 26.3 Å². The minimum absolute atomic E-state index is 0.501. The van der Waals surface area contributed by atoms with E-state index in [4.69, 9.17) is 0 Å². The highest BCUT2D eigenvalue weighted by Crippen LogP contribution is 2.31. The number of nitrogens with zero attached hydrogens (tertiary/aromatic N) is 2. The maximum absolute atomic E-state index is 4.67. The van der Waals surface area contributed by atoms with Crippen LogP contribution in [-0.2, 0) is 0 Å². The first-order valence-electron chi connectivity index (χ1n) is 5.25. The SMILES string of the molecule is Cc1nc(C)c2nc(C(C)C)sc2c1C. The van der Waals surface area contributed by atoms with Crippen LogP contribution in [0.15, 0.2) is 0 Å². The van der Waals surface area contributed by atoms with Gasteiger partial charge in [0.25, 0.3) is 0 Å². The number of aryl methyl sites for hydroxylation is 3. The summed E-state index contributed by atoms with van der Waals surface area (Å²) in [5.41, 5.74) is 4.54. The fourth-order valence-electron chi connectivity index (χ4n) is 1.64. The fourth-order valence-corrected chi connectivity index (χ4v) is 2.81. The summed E-state index contributed by atoms with van der Waals surface area (Å²) in [5.74, 6) is 0.501.